The fraction of sp³-hybridized carbons (Fsp3) is 0.741. The van der Waals surface area contributed by atoms with E-state index in [2.05, 4.69) is 30.9 Å². The Labute approximate surface area is 185 Å². The van der Waals surface area contributed by atoms with Crippen LogP contribution in [0, 0.1) is 23.2 Å². The second-order valence-corrected chi connectivity index (χ2v) is 12.1. The zero-order chi connectivity index (χ0) is 21.3. The molecule has 31 heavy (non-hydrogen) atoms. The fourth-order valence-corrected chi connectivity index (χ4v) is 9.39. The first kappa shape index (κ1) is 19.3. The zero-order valence-electron chi connectivity index (χ0n) is 18.8. The number of rotatable bonds is 0. The van der Waals surface area contributed by atoms with Gasteiger partial charge < -0.3 is 10.2 Å². The van der Waals surface area contributed by atoms with E-state index in [1.807, 2.05) is 0 Å². The van der Waals surface area contributed by atoms with Crippen molar-refractivity contribution in [2.24, 2.45) is 23.2 Å². The highest BCUT2D eigenvalue weighted by Gasteiger charge is 2.61. The molecule has 4 nitrogen and oxygen atoms in total. The number of carbonyl (C=O) groups is 1. The maximum Gasteiger partial charge on any atom is 0.145 e. The Morgan fingerprint density at radius 1 is 1.13 bits per heavy atom. The van der Waals surface area contributed by atoms with Crippen LogP contribution < -0.4 is 0 Å². The van der Waals surface area contributed by atoms with E-state index in [0.717, 1.165) is 32.2 Å². The van der Waals surface area contributed by atoms with Crippen LogP contribution in [0.3, 0.4) is 0 Å². The number of carbonyl (C=O) groups excluding carboxylic acids is 1. The summed E-state index contributed by atoms with van der Waals surface area (Å²) in [5.74, 6) is 2.18. The molecule has 7 rings (SSSR count). The van der Waals surface area contributed by atoms with E-state index < -0.39 is 5.72 Å². The van der Waals surface area contributed by atoms with Gasteiger partial charge in [-0.15, -0.1) is 0 Å². The Morgan fingerprint density at radius 3 is 2.77 bits per heavy atom. The van der Waals surface area contributed by atoms with Crippen molar-refractivity contribution in [3.05, 3.63) is 34.4 Å². The van der Waals surface area contributed by atoms with Crippen LogP contribution in [-0.2, 0) is 16.9 Å². The van der Waals surface area contributed by atoms with E-state index in [1.54, 1.807) is 0 Å². The molecule has 4 heteroatoms. The number of fused-ring (bicyclic) bond motifs is 9. The van der Waals surface area contributed by atoms with E-state index in [-0.39, 0.29) is 23.4 Å². The highest BCUT2D eigenvalue weighted by atomic mass is 16.3. The lowest BCUT2D eigenvalue weighted by Gasteiger charge is -2.52. The largest absolute Gasteiger partial charge is 0.393 e. The third kappa shape index (κ3) is 2.25. The van der Waals surface area contributed by atoms with Gasteiger partial charge in [-0.1, -0.05) is 26.0 Å². The Balaban J connectivity index is 1.38. The number of benzene rings is 1. The third-order valence-corrected chi connectivity index (χ3v) is 10.9. The molecule has 1 aromatic rings. The summed E-state index contributed by atoms with van der Waals surface area (Å²) in [7, 11) is 0. The average Bonchev–Trinajstić information content (AvgIpc) is 3.25. The number of nitrogens with zero attached hydrogens (tertiary/aromatic N) is 1. The first-order valence-corrected chi connectivity index (χ1v) is 12.7. The molecule has 9 atom stereocenters. The molecule has 166 valence electrons. The number of Topliss-reactive ketones (excluding diaryl/α,β-unsaturated/α-hetero) is 1. The molecular formula is C27H35NO3. The summed E-state index contributed by atoms with van der Waals surface area (Å²) in [5.41, 5.74) is 4.51. The summed E-state index contributed by atoms with van der Waals surface area (Å²) in [4.78, 5) is 15.7. The van der Waals surface area contributed by atoms with Gasteiger partial charge in [0, 0.05) is 30.5 Å². The number of aliphatic hydroxyl groups is 2. The van der Waals surface area contributed by atoms with Crippen LogP contribution in [0.25, 0.3) is 0 Å². The molecule has 2 N–H and O–H groups in total. The fourth-order valence-electron chi connectivity index (χ4n) is 9.39. The number of piperidine rings is 1. The smallest absolute Gasteiger partial charge is 0.145 e. The van der Waals surface area contributed by atoms with Gasteiger partial charge in [0.05, 0.1) is 6.10 Å². The van der Waals surface area contributed by atoms with Crippen LogP contribution in [0.5, 0.6) is 0 Å². The van der Waals surface area contributed by atoms with Gasteiger partial charge in [0.15, 0.2) is 0 Å². The van der Waals surface area contributed by atoms with Gasteiger partial charge in [0.25, 0.3) is 0 Å². The molecule has 3 aliphatic heterocycles. The summed E-state index contributed by atoms with van der Waals surface area (Å²) < 4.78 is 0. The molecule has 0 aromatic heterocycles. The minimum Gasteiger partial charge on any atom is -0.393 e. The van der Waals surface area contributed by atoms with E-state index >= 15 is 0 Å². The standard InChI is InChI=1S/C27H35NO3/c1-14-17-4-5-18-19-11-24(30)22-9-16(29)7-8-26(22,2)21(19)10-20(18)25(17)27(31)12-15-3-6-23(14)28(27)13-15/h4-5,14-16,19,21-23,29,31H,3,6-13H2,1-2H3/t14-,15+,16+,19+,21?,22?,23?,26-,27?/m1/s1. The average molecular weight is 422 g/mol. The molecule has 4 fully saturated rings. The monoisotopic (exact) mass is 421 g/mol. The SMILES string of the molecule is C[C@@H]1c2ccc3c(c2C2(O)C[C@@H]4CCC1N2C4)CC1[C@H]3CC(=O)C2C[C@@H](O)CC[C@@]21C. The second-order valence-electron chi connectivity index (χ2n) is 12.1. The lowest BCUT2D eigenvalue weighted by Crippen LogP contribution is -2.54. The molecule has 3 aliphatic carbocycles. The van der Waals surface area contributed by atoms with Crippen LogP contribution in [0.15, 0.2) is 12.1 Å². The lowest BCUT2D eigenvalue weighted by atomic mass is 9.52. The molecular weight excluding hydrogens is 386 g/mol. The van der Waals surface area contributed by atoms with Crippen molar-refractivity contribution < 1.29 is 15.0 Å². The van der Waals surface area contributed by atoms with Crippen molar-refractivity contribution >= 4 is 5.78 Å². The van der Waals surface area contributed by atoms with Crippen LogP contribution in [-0.4, -0.2) is 39.6 Å². The summed E-state index contributed by atoms with van der Waals surface area (Å²) in [5, 5.41) is 22.5. The maximum atomic E-state index is 13.2. The van der Waals surface area contributed by atoms with E-state index in [9.17, 15) is 15.0 Å². The van der Waals surface area contributed by atoms with Crippen molar-refractivity contribution in [3.8, 4) is 0 Å². The molecule has 3 heterocycles. The Bertz CT molecular complexity index is 989. The minimum absolute atomic E-state index is 0.00322. The highest BCUT2D eigenvalue weighted by molar-refractivity contribution is 5.84. The second kappa shape index (κ2) is 6.01. The number of hydrogen-bond donors (Lipinski definition) is 2. The van der Waals surface area contributed by atoms with Gasteiger partial charge in [-0.25, -0.2) is 0 Å². The summed E-state index contributed by atoms with van der Waals surface area (Å²) >= 11 is 0. The normalized spacial score (nSPS) is 49.9. The van der Waals surface area contributed by atoms with Crippen LogP contribution in [0.4, 0.5) is 0 Å². The lowest BCUT2D eigenvalue weighted by molar-refractivity contribution is -0.141. The van der Waals surface area contributed by atoms with Crippen molar-refractivity contribution in [1.82, 2.24) is 4.90 Å². The highest BCUT2D eigenvalue weighted by Crippen LogP contribution is 2.63. The van der Waals surface area contributed by atoms with Gasteiger partial charge in [-0.05, 0) is 90.7 Å². The quantitative estimate of drug-likeness (QED) is 0.668. The minimum atomic E-state index is -0.806. The molecule has 2 saturated heterocycles. The molecule has 0 radical (unpaired) electrons. The Morgan fingerprint density at radius 2 is 1.94 bits per heavy atom. The predicted molar refractivity (Wildman–Crippen MR) is 118 cm³/mol. The maximum absolute atomic E-state index is 13.2. The Hall–Kier alpha value is -1.23. The molecule has 4 unspecified atom stereocenters. The molecule has 2 saturated carbocycles. The molecule has 6 aliphatic rings. The van der Waals surface area contributed by atoms with Crippen LogP contribution >= 0.6 is 0 Å². The summed E-state index contributed by atoms with van der Waals surface area (Å²) in [6.07, 6.45) is 7.02. The van der Waals surface area contributed by atoms with Crippen molar-refractivity contribution in [2.45, 2.75) is 94.9 Å². The Kier molecular flexibility index (Phi) is 3.73. The van der Waals surface area contributed by atoms with Crippen LogP contribution in [0.1, 0.15) is 92.9 Å². The van der Waals surface area contributed by atoms with Gasteiger partial charge in [0.2, 0.25) is 0 Å². The molecule has 2 bridgehead atoms. The number of ketones is 1. The van der Waals surface area contributed by atoms with Crippen molar-refractivity contribution in [3.63, 3.8) is 0 Å². The van der Waals surface area contributed by atoms with Crippen molar-refractivity contribution in [2.75, 3.05) is 6.54 Å². The predicted octanol–water partition coefficient (Wildman–Crippen LogP) is 3.83. The van der Waals surface area contributed by atoms with Crippen molar-refractivity contribution in [1.29, 1.82) is 0 Å². The summed E-state index contributed by atoms with van der Waals surface area (Å²) in [6.45, 7) is 5.73. The number of aliphatic hydroxyl groups excluding tert-OH is 1. The third-order valence-electron chi connectivity index (χ3n) is 10.9. The summed E-state index contributed by atoms with van der Waals surface area (Å²) in [6, 6.07) is 5.09. The molecule has 1 aromatic carbocycles. The van der Waals surface area contributed by atoms with Gasteiger partial charge >= 0.3 is 0 Å². The van der Waals surface area contributed by atoms with E-state index in [1.165, 1.54) is 35.1 Å². The molecule has 0 amide bonds. The first-order chi connectivity index (χ1) is 14.8. The number of hydrogen-bond acceptors (Lipinski definition) is 4. The first-order valence-electron chi connectivity index (χ1n) is 12.7. The van der Waals surface area contributed by atoms with Crippen LogP contribution in [0.2, 0.25) is 0 Å². The van der Waals surface area contributed by atoms with E-state index in [0.29, 0.717) is 42.4 Å². The van der Waals surface area contributed by atoms with Gasteiger partial charge in [0.1, 0.15) is 11.5 Å². The van der Waals surface area contributed by atoms with Gasteiger partial charge in [-0.2, -0.15) is 0 Å². The topological polar surface area (TPSA) is 60.8 Å². The molecule has 0 spiro atoms. The zero-order valence-corrected chi connectivity index (χ0v) is 18.8. The van der Waals surface area contributed by atoms with Gasteiger partial charge in [-0.3, -0.25) is 9.69 Å². The van der Waals surface area contributed by atoms with E-state index in [4.69, 9.17) is 0 Å².